The van der Waals surface area contributed by atoms with Gasteiger partial charge >= 0.3 is 0 Å². The SMILES string of the molecule is CCCCc1nc2cc(C(C)Cc3cc(CC)cc(S(=O)(=O)N(C)CCc4ccccc4)c3)ccc2n1CCN(C)C. The van der Waals surface area contributed by atoms with E-state index < -0.39 is 10.0 Å². The average Bonchev–Trinajstić information content (AvgIpc) is 3.34. The van der Waals surface area contributed by atoms with Crippen LogP contribution in [0.25, 0.3) is 11.0 Å². The summed E-state index contributed by atoms with van der Waals surface area (Å²) in [4.78, 5) is 7.67. The van der Waals surface area contributed by atoms with Crippen molar-refractivity contribution in [2.45, 2.75) is 76.7 Å². The molecule has 0 fully saturated rings. The normalized spacial score (nSPS) is 13.0. The zero-order chi connectivity index (χ0) is 30.3. The van der Waals surface area contributed by atoms with Crippen molar-refractivity contribution in [1.82, 2.24) is 18.8 Å². The lowest BCUT2D eigenvalue weighted by Gasteiger charge is -2.19. The fourth-order valence-electron chi connectivity index (χ4n) is 5.48. The summed E-state index contributed by atoms with van der Waals surface area (Å²) in [6, 6.07) is 22.6. The Bertz CT molecular complexity index is 1560. The maximum absolute atomic E-state index is 13.6. The highest BCUT2D eigenvalue weighted by molar-refractivity contribution is 7.89. The van der Waals surface area contributed by atoms with Crippen LogP contribution in [0.5, 0.6) is 0 Å². The van der Waals surface area contributed by atoms with Crippen LogP contribution in [0, 0.1) is 0 Å². The highest BCUT2D eigenvalue weighted by Crippen LogP contribution is 2.28. The van der Waals surface area contributed by atoms with E-state index in [0.717, 1.165) is 67.4 Å². The monoisotopic (exact) mass is 588 g/mol. The third-order valence-electron chi connectivity index (χ3n) is 8.19. The van der Waals surface area contributed by atoms with Gasteiger partial charge in [0, 0.05) is 33.1 Å². The summed E-state index contributed by atoms with van der Waals surface area (Å²) in [5.74, 6) is 1.39. The van der Waals surface area contributed by atoms with E-state index in [1.807, 2.05) is 42.5 Å². The van der Waals surface area contributed by atoms with Gasteiger partial charge in [-0.15, -0.1) is 0 Å². The third kappa shape index (κ3) is 7.88. The smallest absolute Gasteiger partial charge is 0.242 e. The molecule has 226 valence electrons. The number of sulfonamides is 1. The number of likely N-dealkylation sites (N-methyl/N-ethyl adjacent to an activating group) is 2. The number of rotatable bonds is 15. The van der Waals surface area contributed by atoms with Crippen molar-refractivity contribution in [3.05, 3.63) is 94.8 Å². The van der Waals surface area contributed by atoms with Crippen LogP contribution < -0.4 is 0 Å². The maximum Gasteiger partial charge on any atom is 0.242 e. The molecule has 4 aromatic rings. The molecule has 0 amide bonds. The quantitative estimate of drug-likeness (QED) is 0.155. The summed E-state index contributed by atoms with van der Waals surface area (Å²) in [7, 11) is 2.30. The second-order valence-corrected chi connectivity index (χ2v) is 13.9. The molecule has 0 radical (unpaired) electrons. The van der Waals surface area contributed by atoms with Gasteiger partial charge in [0.2, 0.25) is 10.0 Å². The van der Waals surface area contributed by atoms with Gasteiger partial charge in [0.15, 0.2) is 0 Å². The summed E-state index contributed by atoms with van der Waals surface area (Å²) in [6.45, 7) is 8.87. The van der Waals surface area contributed by atoms with Crippen molar-refractivity contribution >= 4 is 21.1 Å². The molecule has 42 heavy (non-hydrogen) atoms. The van der Waals surface area contributed by atoms with E-state index in [0.29, 0.717) is 17.9 Å². The van der Waals surface area contributed by atoms with Crippen molar-refractivity contribution < 1.29 is 8.42 Å². The van der Waals surface area contributed by atoms with Crippen LogP contribution in [0.2, 0.25) is 0 Å². The van der Waals surface area contributed by atoms with Crippen LogP contribution in [-0.2, 0) is 42.3 Å². The van der Waals surface area contributed by atoms with E-state index in [1.165, 1.54) is 21.2 Å². The number of hydrogen-bond donors (Lipinski definition) is 0. The molecule has 0 aliphatic carbocycles. The van der Waals surface area contributed by atoms with Crippen LogP contribution in [0.3, 0.4) is 0 Å². The van der Waals surface area contributed by atoms with Crippen LogP contribution in [0.15, 0.2) is 71.6 Å². The summed E-state index contributed by atoms with van der Waals surface area (Å²) in [5, 5.41) is 0. The van der Waals surface area contributed by atoms with E-state index in [1.54, 1.807) is 7.05 Å². The molecular weight excluding hydrogens is 540 g/mol. The second kappa shape index (κ2) is 14.5. The Morgan fingerprint density at radius 3 is 2.29 bits per heavy atom. The first-order valence-electron chi connectivity index (χ1n) is 15.4. The lowest BCUT2D eigenvalue weighted by Crippen LogP contribution is -2.29. The molecule has 3 aromatic carbocycles. The molecular formula is C35H48N4O2S. The highest BCUT2D eigenvalue weighted by Gasteiger charge is 2.22. The van der Waals surface area contributed by atoms with E-state index in [-0.39, 0.29) is 5.92 Å². The molecule has 6 nitrogen and oxygen atoms in total. The van der Waals surface area contributed by atoms with Gasteiger partial charge in [0.25, 0.3) is 0 Å². The van der Waals surface area contributed by atoms with Crippen LogP contribution in [0.4, 0.5) is 0 Å². The molecule has 1 atom stereocenters. The predicted octanol–water partition coefficient (Wildman–Crippen LogP) is 6.71. The Kier molecular flexibility index (Phi) is 11.0. The minimum Gasteiger partial charge on any atom is -0.327 e. The Morgan fingerprint density at radius 1 is 0.857 bits per heavy atom. The molecule has 0 aliphatic rings. The van der Waals surface area contributed by atoms with Crippen molar-refractivity contribution in [1.29, 1.82) is 0 Å². The summed E-state index contributed by atoms with van der Waals surface area (Å²) >= 11 is 0. The van der Waals surface area contributed by atoms with Crippen LogP contribution in [-0.4, -0.2) is 61.4 Å². The molecule has 0 N–H and O–H groups in total. The fraction of sp³-hybridized carbons (Fsp3) is 0.457. The molecule has 0 spiro atoms. The van der Waals surface area contributed by atoms with Gasteiger partial charge < -0.3 is 9.47 Å². The lowest BCUT2D eigenvalue weighted by atomic mass is 9.92. The predicted molar refractivity (Wildman–Crippen MR) is 175 cm³/mol. The average molecular weight is 589 g/mol. The highest BCUT2D eigenvalue weighted by atomic mass is 32.2. The minimum atomic E-state index is -3.60. The van der Waals surface area contributed by atoms with E-state index >= 15 is 0 Å². The number of imidazole rings is 1. The number of fused-ring (bicyclic) bond motifs is 1. The number of unbranched alkanes of at least 4 members (excludes halogenated alkanes) is 1. The van der Waals surface area contributed by atoms with Crippen molar-refractivity contribution in [2.24, 2.45) is 0 Å². The molecule has 1 aromatic heterocycles. The summed E-state index contributed by atoms with van der Waals surface area (Å²) in [5.41, 5.74) is 6.71. The number of benzene rings is 3. The van der Waals surface area contributed by atoms with E-state index in [2.05, 4.69) is 68.6 Å². The lowest BCUT2D eigenvalue weighted by molar-refractivity contribution is 0.383. The topological polar surface area (TPSA) is 58.4 Å². The number of aromatic nitrogens is 2. The Balaban J connectivity index is 1.55. The third-order valence-corrected chi connectivity index (χ3v) is 10.0. The summed E-state index contributed by atoms with van der Waals surface area (Å²) < 4.78 is 31.1. The Labute approximate surface area is 253 Å². The molecule has 0 aliphatic heterocycles. The molecule has 4 rings (SSSR count). The number of hydrogen-bond acceptors (Lipinski definition) is 4. The second-order valence-electron chi connectivity index (χ2n) is 11.8. The van der Waals surface area contributed by atoms with Gasteiger partial charge in [-0.2, -0.15) is 0 Å². The molecule has 0 bridgehead atoms. The first-order chi connectivity index (χ1) is 20.1. The zero-order valence-corrected chi connectivity index (χ0v) is 27.1. The van der Waals surface area contributed by atoms with E-state index in [9.17, 15) is 8.42 Å². The Hall–Kier alpha value is -3.00. The molecule has 1 heterocycles. The summed E-state index contributed by atoms with van der Waals surface area (Å²) in [6.07, 6.45) is 5.51. The van der Waals surface area contributed by atoms with E-state index in [4.69, 9.17) is 4.98 Å². The van der Waals surface area contributed by atoms with Crippen LogP contribution >= 0.6 is 0 Å². The number of aryl methyl sites for hydroxylation is 2. The van der Waals surface area contributed by atoms with Crippen LogP contribution in [0.1, 0.15) is 67.6 Å². The standard InChI is InChI=1S/C35H48N4O2S/c1-7-9-15-35-36-33-26-31(16-17-34(33)39(35)21-20-37(4)5)27(3)22-30-23-28(8-2)24-32(25-30)42(40,41)38(6)19-18-29-13-11-10-12-14-29/h10-14,16-17,23-27H,7-9,15,18-22H2,1-6H3. The maximum atomic E-state index is 13.6. The van der Waals surface area contributed by atoms with Crippen molar-refractivity contribution in [3.63, 3.8) is 0 Å². The van der Waals surface area contributed by atoms with Crippen molar-refractivity contribution in [3.8, 4) is 0 Å². The Morgan fingerprint density at radius 2 is 1.60 bits per heavy atom. The van der Waals surface area contributed by atoms with Gasteiger partial charge in [-0.25, -0.2) is 17.7 Å². The first-order valence-corrected chi connectivity index (χ1v) is 16.8. The minimum absolute atomic E-state index is 0.221. The van der Waals surface area contributed by atoms with Gasteiger partial charge in [-0.05, 0) is 92.2 Å². The van der Waals surface area contributed by atoms with Crippen molar-refractivity contribution in [2.75, 3.05) is 34.2 Å². The number of nitrogens with zero attached hydrogens (tertiary/aromatic N) is 4. The van der Waals surface area contributed by atoms with Gasteiger partial charge in [-0.1, -0.05) is 69.7 Å². The van der Waals surface area contributed by atoms with Gasteiger partial charge in [-0.3, -0.25) is 0 Å². The zero-order valence-electron chi connectivity index (χ0n) is 26.3. The van der Waals surface area contributed by atoms with Gasteiger partial charge in [0.05, 0.1) is 15.9 Å². The largest absolute Gasteiger partial charge is 0.327 e. The molecule has 0 saturated heterocycles. The van der Waals surface area contributed by atoms with Gasteiger partial charge in [0.1, 0.15) is 5.82 Å². The molecule has 1 unspecified atom stereocenters. The molecule has 7 heteroatoms. The molecule has 0 saturated carbocycles. The fourth-order valence-corrected chi connectivity index (χ4v) is 6.77. The first kappa shape index (κ1) is 31.9.